The van der Waals surface area contributed by atoms with Gasteiger partial charge in [0, 0.05) is 6.20 Å². The average molecular weight is 162 g/mol. The minimum atomic E-state index is -2.57. The van der Waals surface area contributed by atoms with Crippen LogP contribution in [0.4, 0.5) is 8.78 Å². The number of hydrogen-bond donors (Lipinski definition) is 1. The fraction of sp³-hybridized carbons (Fsp3) is 0.500. The molecule has 0 amide bonds. The fourth-order valence-electron chi connectivity index (χ4n) is 0.824. The van der Waals surface area contributed by atoms with Gasteiger partial charge in [-0.05, 0) is 12.5 Å². The van der Waals surface area contributed by atoms with Gasteiger partial charge < -0.3 is 5.11 Å². The van der Waals surface area contributed by atoms with Crippen molar-refractivity contribution in [1.29, 1.82) is 0 Å². The van der Waals surface area contributed by atoms with E-state index in [0.29, 0.717) is 5.56 Å². The highest BCUT2D eigenvalue weighted by atomic mass is 19.3. The van der Waals surface area contributed by atoms with E-state index in [0.717, 1.165) is 4.68 Å². The summed E-state index contributed by atoms with van der Waals surface area (Å²) in [6.45, 7) is 1.16. The van der Waals surface area contributed by atoms with Crippen LogP contribution >= 0.6 is 0 Å². The Hall–Kier alpha value is -0.970. The molecule has 1 rings (SSSR count). The first-order chi connectivity index (χ1) is 5.15. The monoisotopic (exact) mass is 162 g/mol. The molecule has 0 aromatic carbocycles. The Bertz CT molecular complexity index is 247. The lowest BCUT2D eigenvalue weighted by Crippen LogP contribution is -1.97. The Morgan fingerprint density at radius 3 is 2.64 bits per heavy atom. The zero-order chi connectivity index (χ0) is 8.43. The standard InChI is InChI=1S/C6H8F2N2O/c1-4-2-10(3-11)9-5(4)6(7)8/h2,6,11H,3H2,1H3. The Morgan fingerprint density at radius 2 is 2.36 bits per heavy atom. The van der Waals surface area contributed by atoms with Gasteiger partial charge in [-0.2, -0.15) is 5.10 Å². The normalized spacial score (nSPS) is 11.0. The molecule has 0 bridgehead atoms. The molecule has 0 fully saturated rings. The molecule has 0 saturated carbocycles. The SMILES string of the molecule is Cc1cn(CO)nc1C(F)F. The summed E-state index contributed by atoms with van der Waals surface area (Å²) in [5.41, 5.74) is 0.133. The molecular weight excluding hydrogens is 154 g/mol. The summed E-state index contributed by atoms with van der Waals surface area (Å²) < 4.78 is 25.1. The van der Waals surface area contributed by atoms with Crippen LogP contribution in [0.15, 0.2) is 6.20 Å². The molecule has 0 spiro atoms. The fourth-order valence-corrected chi connectivity index (χ4v) is 0.824. The smallest absolute Gasteiger partial charge is 0.282 e. The highest BCUT2D eigenvalue weighted by Crippen LogP contribution is 2.19. The van der Waals surface area contributed by atoms with Gasteiger partial charge in [0.1, 0.15) is 12.4 Å². The number of nitrogens with zero attached hydrogens (tertiary/aromatic N) is 2. The van der Waals surface area contributed by atoms with Gasteiger partial charge in [-0.15, -0.1) is 0 Å². The van der Waals surface area contributed by atoms with Gasteiger partial charge in [0.15, 0.2) is 0 Å². The summed E-state index contributed by atoms with van der Waals surface area (Å²) in [4.78, 5) is 0. The minimum Gasteiger partial charge on any atom is -0.374 e. The third-order valence-corrected chi connectivity index (χ3v) is 1.33. The zero-order valence-corrected chi connectivity index (χ0v) is 5.96. The first-order valence-electron chi connectivity index (χ1n) is 3.08. The number of aliphatic hydroxyl groups excluding tert-OH is 1. The number of aryl methyl sites for hydroxylation is 1. The van der Waals surface area contributed by atoms with E-state index in [1.54, 1.807) is 0 Å². The summed E-state index contributed by atoms with van der Waals surface area (Å²) in [5, 5.41) is 12.0. The van der Waals surface area contributed by atoms with Crippen LogP contribution in [0.2, 0.25) is 0 Å². The Kier molecular flexibility index (Phi) is 2.19. The minimum absolute atomic E-state index is 0.265. The van der Waals surface area contributed by atoms with Crippen molar-refractivity contribution in [2.45, 2.75) is 20.1 Å². The number of rotatable bonds is 2. The van der Waals surface area contributed by atoms with Crippen LogP contribution in [0, 0.1) is 6.92 Å². The Morgan fingerprint density at radius 1 is 1.73 bits per heavy atom. The van der Waals surface area contributed by atoms with Crippen molar-refractivity contribution in [3.8, 4) is 0 Å². The number of aromatic nitrogens is 2. The molecule has 0 unspecified atom stereocenters. The van der Waals surface area contributed by atoms with Crippen LogP contribution in [-0.4, -0.2) is 14.9 Å². The van der Waals surface area contributed by atoms with E-state index >= 15 is 0 Å². The first kappa shape index (κ1) is 8.13. The zero-order valence-electron chi connectivity index (χ0n) is 5.96. The molecule has 11 heavy (non-hydrogen) atoms. The molecular formula is C6H8F2N2O. The summed E-state index contributed by atoms with van der Waals surface area (Å²) in [5.74, 6) is 0. The number of halogens is 2. The van der Waals surface area contributed by atoms with Crippen LogP contribution in [0.25, 0.3) is 0 Å². The topological polar surface area (TPSA) is 38.0 Å². The van der Waals surface area contributed by atoms with Gasteiger partial charge in [-0.1, -0.05) is 0 Å². The van der Waals surface area contributed by atoms with E-state index in [-0.39, 0.29) is 12.4 Å². The summed E-state index contributed by atoms with van der Waals surface area (Å²) in [6, 6.07) is 0. The van der Waals surface area contributed by atoms with Gasteiger partial charge in [0.2, 0.25) is 0 Å². The molecule has 0 aliphatic rings. The van der Waals surface area contributed by atoms with Gasteiger partial charge in [-0.25, -0.2) is 13.5 Å². The van der Waals surface area contributed by atoms with Crippen molar-refractivity contribution >= 4 is 0 Å². The number of hydrogen-bond acceptors (Lipinski definition) is 2. The molecule has 0 aliphatic carbocycles. The molecule has 1 aromatic rings. The lowest BCUT2D eigenvalue weighted by molar-refractivity contribution is 0.140. The number of aliphatic hydroxyl groups is 1. The van der Waals surface area contributed by atoms with E-state index in [1.165, 1.54) is 13.1 Å². The lowest BCUT2D eigenvalue weighted by atomic mass is 10.3. The second-order valence-corrected chi connectivity index (χ2v) is 2.18. The van der Waals surface area contributed by atoms with Crippen molar-refractivity contribution < 1.29 is 13.9 Å². The molecule has 0 saturated heterocycles. The van der Waals surface area contributed by atoms with Crippen LogP contribution in [-0.2, 0) is 6.73 Å². The second kappa shape index (κ2) is 2.96. The van der Waals surface area contributed by atoms with E-state index in [2.05, 4.69) is 5.10 Å². The third-order valence-electron chi connectivity index (χ3n) is 1.33. The molecule has 62 valence electrons. The molecule has 1 heterocycles. The highest BCUT2D eigenvalue weighted by molar-refractivity contribution is 5.15. The quantitative estimate of drug-likeness (QED) is 0.706. The molecule has 1 aromatic heterocycles. The van der Waals surface area contributed by atoms with Crippen molar-refractivity contribution in [3.05, 3.63) is 17.5 Å². The predicted molar refractivity (Wildman–Crippen MR) is 34.1 cm³/mol. The van der Waals surface area contributed by atoms with Gasteiger partial charge in [-0.3, -0.25) is 0 Å². The maximum atomic E-state index is 12.0. The summed E-state index contributed by atoms with van der Waals surface area (Å²) in [7, 11) is 0. The van der Waals surface area contributed by atoms with Gasteiger partial charge in [0.05, 0.1) is 0 Å². The third kappa shape index (κ3) is 1.54. The number of alkyl halides is 2. The van der Waals surface area contributed by atoms with E-state index in [9.17, 15) is 8.78 Å². The van der Waals surface area contributed by atoms with Crippen molar-refractivity contribution in [2.24, 2.45) is 0 Å². The highest BCUT2D eigenvalue weighted by Gasteiger charge is 2.14. The molecule has 5 heteroatoms. The molecule has 0 atom stereocenters. The van der Waals surface area contributed by atoms with Gasteiger partial charge >= 0.3 is 0 Å². The lowest BCUT2D eigenvalue weighted by Gasteiger charge is -1.93. The van der Waals surface area contributed by atoms with Crippen LogP contribution in [0.3, 0.4) is 0 Å². The van der Waals surface area contributed by atoms with Crippen molar-refractivity contribution in [3.63, 3.8) is 0 Å². The second-order valence-electron chi connectivity index (χ2n) is 2.18. The first-order valence-corrected chi connectivity index (χ1v) is 3.08. The van der Waals surface area contributed by atoms with Crippen LogP contribution < -0.4 is 0 Å². The molecule has 1 N–H and O–H groups in total. The largest absolute Gasteiger partial charge is 0.374 e. The van der Waals surface area contributed by atoms with Gasteiger partial charge in [0.25, 0.3) is 6.43 Å². The van der Waals surface area contributed by atoms with E-state index in [1.807, 2.05) is 0 Å². The Labute approximate surface area is 62.3 Å². The van der Waals surface area contributed by atoms with Crippen molar-refractivity contribution in [2.75, 3.05) is 0 Å². The summed E-state index contributed by atoms with van der Waals surface area (Å²) in [6.07, 6.45) is -1.19. The maximum Gasteiger partial charge on any atom is 0.282 e. The maximum absolute atomic E-state index is 12.0. The predicted octanol–water partition coefficient (Wildman–Crippen LogP) is 1.08. The van der Waals surface area contributed by atoms with E-state index in [4.69, 9.17) is 5.11 Å². The summed E-state index contributed by atoms with van der Waals surface area (Å²) >= 11 is 0. The van der Waals surface area contributed by atoms with Crippen molar-refractivity contribution in [1.82, 2.24) is 9.78 Å². The molecule has 0 aliphatic heterocycles. The average Bonchev–Trinajstić information content (AvgIpc) is 2.30. The molecule has 0 radical (unpaired) electrons. The van der Waals surface area contributed by atoms with Crippen LogP contribution in [0.5, 0.6) is 0 Å². The molecule has 3 nitrogen and oxygen atoms in total. The van der Waals surface area contributed by atoms with Crippen LogP contribution in [0.1, 0.15) is 17.7 Å². The van der Waals surface area contributed by atoms with E-state index < -0.39 is 6.43 Å². The Balaban J connectivity index is 2.97.